The van der Waals surface area contributed by atoms with Crippen LogP contribution in [0.5, 0.6) is 0 Å². The second-order valence-corrected chi connectivity index (χ2v) is 4.93. The van der Waals surface area contributed by atoms with Gasteiger partial charge in [0.05, 0.1) is 0 Å². The molecule has 0 bridgehead atoms. The average Bonchev–Trinajstić information content (AvgIpc) is 2.23. The number of aryl methyl sites for hydroxylation is 1. The van der Waals surface area contributed by atoms with Crippen molar-refractivity contribution in [1.82, 2.24) is 0 Å². The van der Waals surface area contributed by atoms with E-state index in [9.17, 15) is 4.39 Å². The van der Waals surface area contributed by atoms with Crippen molar-refractivity contribution in [3.05, 3.63) is 33.5 Å². The first-order valence-corrected chi connectivity index (χ1v) is 6.26. The zero-order valence-electron chi connectivity index (χ0n) is 9.47. The molecule has 0 aliphatic heterocycles. The number of rotatable bonds is 5. The van der Waals surface area contributed by atoms with Crippen molar-refractivity contribution in [2.24, 2.45) is 11.5 Å². The SMILES string of the molecule is Cc1cc(Br)cc([C@H](N)CCCCN)c1F. The lowest BCUT2D eigenvalue weighted by Gasteiger charge is -2.14. The van der Waals surface area contributed by atoms with Gasteiger partial charge in [-0.25, -0.2) is 4.39 Å². The van der Waals surface area contributed by atoms with Gasteiger partial charge in [0.1, 0.15) is 5.82 Å². The molecule has 1 aromatic rings. The van der Waals surface area contributed by atoms with E-state index in [4.69, 9.17) is 11.5 Å². The van der Waals surface area contributed by atoms with E-state index in [0.717, 1.165) is 23.7 Å². The largest absolute Gasteiger partial charge is 0.330 e. The molecule has 90 valence electrons. The third-order valence-corrected chi connectivity index (χ3v) is 3.07. The summed E-state index contributed by atoms with van der Waals surface area (Å²) >= 11 is 3.36. The maximum absolute atomic E-state index is 13.8. The number of nitrogens with two attached hydrogens (primary N) is 2. The quantitative estimate of drug-likeness (QED) is 0.819. The van der Waals surface area contributed by atoms with Crippen LogP contribution in [0.2, 0.25) is 0 Å². The minimum Gasteiger partial charge on any atom is -0.330 e. The van der Waals surface area contributed by atoms with Crippen LogP contribution in [0.25, 0.3) is 0 Å². The van der Waals surface area contributed by atoms with Crippen molar-refractivity contribution < 1.29 is 4.39 Å². The Balaban J connectivity index is 2.78. The summed E-state index contributed by atoms with van der Waals surface area (Å²) in [6, 6.07) is 3.27. The Kier molecular flexibility index (Phi) is 5.38. The molecule has 1 atom stereocenters. The predicted octanol–water partition coefficient (Wildman–Crippen LogP) is 3.03. The molecule has 0 amide bonds. The second kappa shape index (κ2) is 6.33. The minimum atomic E-state index is -0.247. The summed E-state index contributed by atoms with van der Waals surface area (Å²) in [5.41, 5.74) is 12.6. The molecule has 4 N–H and O–H groups in total. The molecule has 0 aliphatic carbocycles. The molecule has 0 saturated heterocycles. The Labute approximate surface area is 104 Å². The van der Waals surface area contributed by atoms with Crippen LogP contribution in [-0.4, -0.2) is 6.54 Å². The summed E-state index contributed by atoms with van der Waals surface area (Å²) in [5, 5.41) is 0. The molecule has 16 heavy (non-hydrogen) atoms. The van der Waals surface area contributed by atoms with Crippen LogP contribution in [-0.2, 0) is 0 Å². The first-order chi connectivity index (χ1) is 7.56. The molecule has 0 unspecified atom stereocenters. The van der Waals surface area contributed by atoms with Gasteiger partial charge in [-0.05, 0) is 44.0 Å². The van der Waals surface area contributed by atoms with Crippen LogP contribution in [0.3, 0.4) is 0 Å². The molecule has 0 spiro atoms. The highest BCUT2D eigenvalue weighted by molar-refractivity contribution is 9.10. The number of halogens is 2. The normalized spacial score (nSPS) is 12.8. The smallest absolute Gasteiger partial charge is 0.130 e. The van der Waals surface area contributed by atoms with Gasteiger partial charge < -0.3 is 11.5 Å². The van der Waals surface area contributed by atoms with Gasteiger partial charge in [-0.2, -0.15) is 0 Å². The number of hydrogen-bond donors (Lipinski definition) is 2. The van der Waals surface area contributed by atoms with E-state index in [1.165, 1.54) is 0 Å². The summed E-state index contributed by atoms with van der Waals surface area (Å²) in [5.74, 6) is -0.191. The lowest BCUT2D eigenvalue weighted by atomic mass is 9.99. The van der Waals surface area contributed by atoms with Gasteiger partial charge in [0, 0.05) is 16.1 Å². The fraction of sp³-hybridized carbons (Fsp3) is 0.500. The monoisotopic (exact) mass is 288 g/mol. The van der Waals surface area contributed by atoms with Crippen molar-refractivity contribution in [3.8, 4) is 0 Å². The van der Waals surface area contributed by atoms with Crippen molar-refractivity contribution in [1.29, 1.82) is 0 Å². The molecule has 0 radical (unpaired) electrons. The standard InChI is InChI=1S/C12H18BrFN2/c1-8-6-9(13)7-10(12(8)14)11(16)4-2-3-5-15/h6-7,11H,2-5,15-16H2,1H3/t11-/m1/s1. The Morgan fingerprint density at radius 1 is 1.38 bits per heavy atom. The fourth-order valence-corrected chi connectivity index (χ4v) is 2.28. The van der Waals surface area contributed by atoms with Crippen molar-refractivity contribution in [2.75, 3.05) is 6.54 Å². The van der Waals surface area contributed by atoms with Gasteiger partial charge in [0.2, 0.25) is 0 Å². The van der Waals surface area contributed by atoms with Crippen molar-refractivity contribution >= 4 is 15.9 Å². The molecule has 0 aromatic heterocycles. The van der Waals surface area contributed by atoms with Crippen LogP contribution in [0, 0.1) is 12.7 Å². The van der Waals surface area contributed by atoms with E-state index in [0.29, 0.717) is 17.7 Å². The zero-order chi connectivity index (χ0) is 12.1. The minimum absolute atomic E-state index is 0.191. The molecule has 1 rings (SSSR count). The lowest BCUT2D eigenvalue weighted by molar-refractivity contribution is 0.538. The highest BCUT2D eigenvalue weighted by Crippen LogP contribution is 2.26. The summed E-state index contributed by atoms with van der Waals surface area (Å²) in [6.45, 7) is 2.41. The molecule has 0 saturated carbocycles. The van der Waals surface area contributed by atoms with Crippen LogP contribution in [0.15, 0.2) is 16.6 Å². The summed E-state index contributed by atoms with van der Waals surface area (Å²) in [4.78, 5) is 0. The molecular formula is C12H18BrFN2. The van der Waals surface area contributed by atoms with Gasteiger partial charge in [-0.1, -0.05) is 22.4 Å². The molecule has 4 heteroatoms. The Morgan fingerprint density at radius 3 is 2.69 bits per heavy atom. The molecule has 2 nitrogen and oxygen atoms in total. The third kappa shape index (κ3) is 3.54. The topological polar surface area (TPSA) is 52.0 Å². The third-order valence-electron chi connectivity index (χ3n) is 2.62. The first kappa shape index (κ1) is 13.6. The van der Waals surface area contributed by atoms with E-state index < -0.39 is 0 Å². The molecule has 1 aromatic carbocycles. The van der Waals surface area contributed by atoms with Gasteiger partial charge in [0.25, 0.3) is 0 Å². The fourth-order valence-electron chi connectivity index (χ4n) is 1.69. The Bertz CT molecular complexity index is 355. The number of unbranched alkanes of at least 4 members (excludes halogenated alkanes) is 1. The average molecular weight is 289 g/mol. The van der Waals surface area contributed by atoms with E-state index in [1.54, 1.807) is 19.1 Å². The second-order valence-electron chi connectivity index (χ2n) is 4.02. The number of benzene rings is 1. The molecular weight excluding hydrogens is 271 g/mol. The van der Waals surface area contributed by atoms with Gasteiger partial charge in [-0.3, -0.25) is 0 Å². The van der Waals surface area contributed by atoms with Gasteiger partial charge in [-0.15, -0.1) is 0 Å². The highest BCUT2D eigenvalue weighted by Gasteiger charge is 2.13. The summed E-state index contributed by atoms with van der Waals surface area (Å²) in [7, 11) is 0. The molecule has 0 fully saturated rings. The molecule has 0 heterocycles. The van der Waals surface area contributed by atoms with E-state index >= 15 is 0 Å². The highest BCUT2D eigenvalue weighted by atomic mass is 79.9. The predicted molar refractivity (Wildman–Crippen MR) is 68.7 cm³/mol. The molecule has 0 aliphatic rings. The van der Waals surface area contributed by atoms with E-state index in [1.807, 2.05) is 0 Å². The van der Waals surface area contributed by atoms with Crippen molar-refractivity contribution in [2.45, 2.75) is 32.2 Å². The summed E-state index contributed by atoms with van der Waals surface area (Å²) in [6.07, 6.45) is 2.63. The maximum atomic E-state index is 13.8. The van der Waals surface area contributed by atoms with E-state index in [2.05, 4.69) is 15.9 Å². The Hall–Kier alpha value is -0.450. The van der Waals surface area contributed by atoms with Crippen LogP contribution < -0.4 is 11.5 Å². The zero-order valence-corrected chi connectivity index (χ0v) is 11.1. The van der Waals surface area contributed by atoms with Gasteiger partial charge in [0.15, 0.2) is 0 Å². The van der Waals surface area contributed by atoms with Crippen LogP contribution in [0.1, 0.15) is 36.4 Å². The first-order valence-electron chi connectivity index (χ1n) is 5.47. The summed E-state index contributed by atoms with van der Waals surface area (Å²) < 4.78 is 14.7. The Morgan fingerprint density at radius 2 is 2.06 bits per heavy atom. The lowest BCUT2D eigenvalue weighted by Crippen LogP contribution is -2.13. The van der Waals surface area contributed by atoms with Crippen molar-refractivity contribution in [3.63, 3.8) is 0 Å². The number of hydrogen-bond acceptors (Lipinski definition) is 2. The van der Waals surface area contributed by atoms with Gasteiger partial charge >= 0.3 is 0 Å². The van der Waals surface area contributed by atoms with E-state index in [-0.39, 0.29) is 11.9 Å². The maximum Gasteiger partial charge on any atom is 0.130 e. The van der Waals surface area contributed by atoms with Crippen LogP contribution in [0.4, 0.5) is 4.39 Å². The van der Waals surface area contributed by atoms with Crippen LogP contribution >= 0.6 is 15.9 Å².